The van der Waals surface area contributed by atoms with Crippen LogP contribution in [0, 0.1) is 19.3 Å². The van der Waals surface area contributed by atoms with E-state index in [1.54, 1.807) is 4.90 Å². The second-order valence-electron chi connectivity index (χ2n) is 5.12. The molecule has 0 aliphatic heterocycles. The molecule has 0 radical (unpaired) electrons. The zero-order chi connectivity index (χ0) is 15.4. The van der Waals surface area contributed by atoms with Crippen LogP contribution in [-0.2, 0) is 0 Å². The van der Waals surface area contributed by atoms with Crippen LogP contribution in [0.1, 0.15) is 31.9 Å². The lowest BCUT2D eigenvalue weighted by Gasteiger charge is -2.33. The van der Waals surface area contributed by atoms with E-state index < -0.39 is 0 Å². The number of benzene rings is 1. The molecule has 0 aromatic heterocycles. The molecule has 0 unspecified atom stereocenters. The summed E-state index contributed by atoms with van der Waals surface area (Å²) < 4.78 is 0. The lowest BCUT2D eigenvalue weighted by atomic mass is 10.1. The summed E-state index contributed by atoms with van der Waals surface area (Å²) in [4.78, 5) is 15.7. The average molecular weight is 276 g/mol. The van der Waals surface area contributed by atoms with E-state index in [4.69, 9.17) is 11.1 Å². The molecule has 0 spiro atoms. The van der Waals surface area contributed by atoms with Gasteiger partial charge in [-0.15, -0.1) is 0 Å². The number of urea groups is 1. The molecule has 0 aliphatic carbocycles. The van der Waals surface area contributed by atoms with E-state index in [0.717, 1.165) is 16.8 Å². The average Bonchev–Trinajstić information content (AvgIpc) is 2.32. The van der Waals surface area contributed by atoms with Crippen molar-refractivity contribution in [2.45, 2.75) is 40.7 Å². The molecule has 1 aromatic carbocycles. The molecule has 0 aliphatic rings. The Morgan fingerprint density at radius 1 is 1.30 bits per heavy atom. The Balaban J connectivity index is 3.25. The number of rotatable bonds is 3. The maximum absolute atomic E-state index is 12.7. The highest BCUT2D eigenvalue weighted by Gasteiger charge is 2.27. The van der Waals surface area contributed by atoms with Gasteiger partial charge >= 0.3 is 6.03 Å². The maximum Gasteiger partial charge on any atom is 0.331 e. The van der Waals surface area contributed by atoms with Crippen LogP contribution in [0.25, 0.3) is 0 Å². The van der Waals surface area contributed by atoms with Crippen molar-refractivity contribution >= 4 is 17.7 Å². The number of carbonyl (C=O) groups excluding carboxylic acids is 1. The van der Waals surface area contributed by atoms with Gasteiger partial charge in [0.25, 0.3) is 0 Å². The molecular formula is C15H24N4O. The lowest BCUT2D eigenvalue weighted by Crippen LogP contribution is -2.52. The van der Waals surface area contributed by atoms with E-state index in [1.165, 1.54) is 4.90 Å². The van der Waals surface area contributed by atoms with Gasteiger partial charge in [-0.05, 0) is 45.7 Å². The number of carbonyl (C=O) groups is 1. The maximum atomic E-state index is 12.7. The molecule has 20 heavy (non-hydrogen) atoms. The Morgan fingerprint density at radius 3 is 2.15 bits per heavy atom. The standard InChI is InChI=1S/C15H24N4O/c1-6-18(13-11(4)8-7-9-12(13)5)15(20)19(10(2)3)14(16)17/h7-10H,6H2,1-5H3,(H3,16,17). The number of nitrogens with two attached hydrogens (primary N) is 1. The van der Waals surface area contributed by atoms with Crippen LogP contribution in [0.15, 0.2) is 18.2 Å². The van der Waals surface area contributed by atoms with Crippen molar-refractivity contribution in [2.75, 3.05) is 11.4 Å². The molecule has 2 amide bonds. The van der Waals surface area contributed by atoms with Crippen LogP contribution in [0.4, 0.5) is 10.5 Å². The summed E-state index contributed by atoms with van der Waals surface area (Å²) in [6.45, 7) is 10.1. The second kappa shape index (κ2) is 6.41. The molecule has 0 heterocycles. The minimum Gasteiger partial charge on any atom is -0.370 e. The smallest absolute Gasteiger partial charge is 0.331 e. The van der Waals surface area contributed by atoms with Crippen LogP contribution in [0.5, 0.6) is 0 Å². The minimum atomic E-state index is -0.257. The first-order valence-corrected chi connectivity index (χ1v) is 6.82. The fraction of sp³-hybridized carbons (Fsp3) is 0.467. The quantitative estimate of drug-likeness (QED) is 0.658. The van der Waals surface area contributed by atoms with Crippen molar-refractivity contribution in [1.29, 1.82) is 5.41 Å². The number of guanidine groups is 1. The number of aryl methyl sites for hydroxylation is 2. The van der Waals surface area contributed by atoms with Crippen molar-refractivity contribution < 1.29 is 4.79 Å². The fourth-order valence-corrected chi connectivity index (χ4v) is 2.35. The number of hydrogen-bond acceptors (Lipinski definition) is 2. The highest BCUT2D eigenvalue weighted by Crippen LogP contribution is 2.25. The summed E-state index contributed by atoms with van der Waals surface area (Å²) in [7, 11) is 0. The fourth-order valence-electron chi connectivity index (χ4n) is 2.35. The van der Waals surface area contributed by atoms with Crippen molar-refractivity contribution in [2.24, 2.45) is 5.73 Å². The molecule has 0 bridgehead atoms. The van der Waals surface area contributed by atoms with Gasteiger partial charge in [0.05, 0.1) is 5.69 Å². The number of amides is 2. The molecule has 0 atom stereocenters. The molecule has 5 nitrogen and oxygen atoms in total. The summed E-state index contributed by atoms with van der Waals surface area (Å²) in [5, 5.41) is 7.61. The largest absolute Gasteiger partial charge is 0.370 e. The van der Waals surface area contributed by atoms with Crippen LogP contribution in [-0.4, -0.2) is 29.5 Å². The molecule has 0 saturated heterocycles. The molecule has 1 rings (SSSR count). The Kier molecular flexibility index (Phi) is 5.13. The summed E-state index contributed by atoms with van der Waals surface area (Å²) >= 11 is 0. The summed E-state index contributed by atoms with van der Waals surface area (Å²) in [6, 6.07) is 5.51. The number of nitrogens with zero attached hydrogens (tertiary/aromatic N) is 2. The normalized spacial score (nSPS) is 10.5. The zero-order valence-electron chi connectivity index (χ0n) is 12.9. The summed E-state index contributed by atoms with van der Waals surface area (Å²) in [5.41, 5.74) is 8.51. The number of hydrogen-bond donors (Lipinski definition) is 2. The van der Waals surface area contributed by atoms with E-state index in [2.05, 4.69) is 0 Å². The van der Waals surface area contributed by atoms with E-state index in [9.17, 15) is 4.79 Å². The van der Waals surface area contributed by atoms with Crippen LogP contribution in [0.3, 0.4) is 0 Å². The predicted octanol–water partition coefficient (Wildman–Crippen LogP) is 2.85. The zero-order valence-corrected chi connectivity index (χ0v) is 12.9. The SMILES string of the molecule is CCN(C(=O)N(C(=N)N)C(C)C)c1c(C)cccc1C. The van der Waals surface area contributed by atoms with Crippen molar-refractivity contribution in [3.05, 3.63) is 29.3 Å². The van der Waals surface area contributed by atoms with Gasteiger partial charge in [-0.3, -0.25) is 15.2 Å². The van der Waals surface area contributed by atoms with E-state index in [-0.39, 0.29) is 18.0 Å². The Labute approximate surface area is 120 Å². The third-order valence-corrected chi connectivity index (χ3v) is 3.24. The molecule has 5 heteroatoms. The summed E-state index contributed by atoms with van der Waals surface area (Å²) in [5.74, 6) is -0.227. The van der Waals surface area contributed by atoms with Gasteiger partial charge in [-0.1, -0.05) is 18.2 Å². The van der Waals surface area contributed by atoms with Crippen LogP contribution in [0.2, 0.25) is 0 Å². The van der Waals surface area contributed by atoms with Gasteiger partial charge in [-0.2, -0.15) is 0 Å². The minimum absolute atomic E-state index is 0.154. The highest BCUT2D eigenvalue weighted by molar-refractivity contribution is 6.03. The van der Waals surface area contributed by atoms with Crippen LogP contribution >= 0.6 is 0 Å². The van der Waals surface area contributed by atoms with Crippen LogP contribution < -0.4 is 10.6 Å². The number of para-hydroxylation sites is 1. The van der Waals surface area contributed by atoms with Crippen molar-refractivity contribution in [1.82, 2.24) is 4.90 Å². The Bertz CT molecular complexity index is 490. The van der Waals surface area contributed by atoms with E-state index in [1.807, 2.05) is 52.8 Å². The number of anilines is 1. The lowest BCUT2D eigenvalue weighted by molar-refractivity contribution is 0.219. The molecule has 110 valence electrons. The highest BCUT2D eigenvalue weighted by atomic mass is 16.2. The monoisotopic (exact) mass is 276 g/mol. The molecule has 3 N–H and O–H groups in total. The first-order chi connectivity index (χ1) is 9.31. The van der Waals surface area contributed by atoms with Gasteiger partial charge in [0, 0.05) is 12.6 Å². The predicted molar refractivity (Wildman–Crippen MR) is 83.2 cm³/mol. The first-order valence-electron chi connectivity index (χ1n) is 6.82. The van der Waals surface area contributed by atoms with Gasteiger partial charge in [0.2, 0.25) is 0 Å². The van der Waals surface area contributed by atoms with E-state index in [0.29, 0.717) is 6.54 Å². The van der Waals surface area contributed by atoms with Crippen molar-refractivity contribution in [3.63, 3.8) is 0 Å². The topological polar surface area (TPSA) is 73.4 Å². The summed E-state index contributed by atoms with van der Waals surface area (Å²) in [6.07, 6.45) is 0. The third-order valence-electron chi connectivity index (χ3n) is 3.24. The van der Waals surface area contributed by atoms with Gasteiger partial charge in [0.1, 0.15) is 0 Å². The second-order valence-corrected chi connectivity index (χ2v) is 5.12. The van der Waals surface area contributed by atoms with Gasteiger partial charge in [-0.25, -0.2) is 4.79 Å². The van der Waals surface area contributed by atoms with Gasteiger partial charge < -0.3 is 5.73 Å². The Morgan fingerprint density at radius 2 is 1.80 bits per heavy atom. The van der Waals surface area contributed by atoms with E-state index >= 15 is 0 Å². The Hall–Kier alpha value is -2.04. The van der Waals surface area contributed by atoms with Gasteiger partial charge in [0.15, 0.2) is 5.96 Å². The molecule has 0 saturated carbocycles. The molecular weight excluding hydrogens is 252 g/mol. The molecule has 1 aromatic rings. The molecule has 0 fully saturated rings. The first kappa shape index (κ1) is 16.0. The third kappa shape index (κ3) is 3.10. The van der Waals surface area contributed by atoms with Crippen molar-refractivity contribution in [3.8, 4) is 0 Å². The number of nitrogens with one attached hydrogen (secondary N) is 1.